The normalized spacial score (nSPS) is 17.7. The van der Waals surface area contributed by atoms with Gasteiger partial charge in [0.25, 0.3) is 12.0 Å². The molecule has 164 valence electrons. The molecule has 1 fully saturated rings. The van der Waals surface area contributed by atoms with Gasteiger partial charge in [0, 0.05) is 19.1 Å². The average molecular weight is 429 g/mol. The van der Waals surface area contributed by atoms with Crippen molar-refractivity contribution in [3.8, 4) is 11.1 Å². The molecule has 2 heterocycles. The van der Waals surface area contributed by atoms with Crippen LogP contribution in [-0.2, 0) is 6.54 Å². The molecule has 0 N–H and O–H groups in total. The second kappa shape index (κ2) is 8.83. The first-order valence-electron chi connectivity index (χ1n) is 10.7. The number of likely N-dealkylation sites (tertiary alicyclic amines) is 1. The summed E-state index contributed by atoms with van der Waals surface area (Å²) in [5.74, 6) is -0.711. The van der Waals surface area contributed by atoms with E-state index in [-0.39, 0.29) is 23.8 Å². The summed E-state index contributed by atoms with van der Waals surface area (Å²) >= 11 is 0. The highest BCUT2D eigenvalue weighted by Gasteiger charge is 2.26. The topological polar surface area (TPSA) is 38.1 Å². The van der Waals surface area contributed by atoms with Crippen molar-refractivity contribution in [2.75, 3.05) is 13.1 Å². The summed E-state index contributed by atoms with van der Waals surface area (Å²) in [6.45, 7) is 6.23. The monoisotopic (exact) mass is 429 g/mol. The minimum atomic E-state index is -2.83. The predicted molar refractivity (Wildman–Crippen MR) is 116 cm³/mol. The van der Waals surface area contributed by atoms with Crippen LogP contribution in [0.25, 0.3) is 22.0 Å². The minimum absolute atomic E-state index is 0.117. The van der Waals surface area contributed by atoms with Crippen molar-refractivity contribution in [1.82, 2.24) is 14.5 Å². The molecule has 0 spiro atoms. The second-order valence-corrected chi connectivity index (χ2v) is 8.52. The van der Waals surface area contributed by atoms with Crippen LogP contribution in [0, 0.1) is 11.7 Å². The molecule has 0 amide bonds. The fourth-order valence-corrected chi connectivity index (χ4v) is 4.38. The van der Waals surface area contributed by atoms with Crippen molar-refractivity contribution in [3.05, 3.63) is 64.5 Å². The molecular weight excluding hydrogens is 403 g/mol. The van der Waals surface area contributed by atoms with Crippen molar-refractivity contribution in [1.29, 1.82) is 0 Å². The quantitative estimate of drug-likeness (QED) is 0.555. The van der Waals surface area contributed by atoms with Crippen molar-refractivity contribution in [3.63, 3.8) is 0 Å². The van der Waals surface area contributed by atoms with Crippen LogP contribution < -0.4 is 5.56 Å². The number of piperidine rings is 1. The van der Waals surface area contributed by atoms with Gasteiger partial charge in [-0.2, -0.15) is 0 Å². The summed E-state index contributed by atoms with van der Waals surface area (Å²) in [5.41, 5.74) is 1.25. The Labute approximate surface area is 179 Å². The molecule has 7 heteroatoms. The first kappa shape index (κ1) is 21.6. The van der Waals surface area contributed by atoms with Gasteiger partial charge < -0.3 is 4.90 Å². The highest BCUT2D eigenvalue weighted by molar-refractivity contribution is 5.83. The van der Waals surface area contributed by atoms with E-state index in [0.717, 1.165) is 36.1 Å². The lowest BCUT2D eigenvalue weighted by Gasteiger charge is -2.35. The lowest BCUT2D eigenvalue weighted by Crippen LogP contribution is -2.42. The van der Waals surface area contributed by atoms with E-state index in [0.29, 0.717) is 17.0 Å². The zero-order valence-corrected chi connectivity index (χ0v) is 17.7. The SMILES string of the molecule is CC(C)N1CCCC(Cn2c(C(F)F)nc3ccc(-c4ccc(F)cc4)cc3c2=O)C1. The van der Waals surface area contributed by atoms with Gasteiger partial charge in [0.05, 0.1) is 10.9 Å². The number of halogens is 3. The third-order valence-corrected chi connectivity index (χ3v) is 6.08. The maximum atomic E-state index is 13.8. The van der Waals surface area contributed by atoms with E-state index in [1.54, 1.807) is 30.3 Å². The molecular formula is C24H26F3N3O. The molecule has 1 aliphatic heterocycles. The summed E-state index contributed by atoms with van der Waals surface area (Å²) in [5, 5.41) is 0.294. The van der Waals surface area contributed by atoms with E-state index >= 15 is 0 Å². The molecule has 0 radical (unpaired) electrons. The molecule has 4 rings (SSSR count). The van der Waals surface area contributed by atoms with Crippen LogP contribution in [0.2, 0.25) is 0 Å². The molecule has 1 saturated heterocycles. The molecule has 1 atom stereocenters. The van der Waals surface area contributed by atoms with Gasteiger partial charge in [-0.25, -0.2) is 18.2 Å². The van der Waals surface area contributed by atoms with Crippen LogP contribution in [0.3, 0.4) is 0 Å². The predicted octanol–water partition coefficient (Wildman–Crippen LogP) is 5.26. The van der Waals surface area contributed by atoms with Gasteiger partial charge in [-0.05, 0) is 74.5 Å². The molecule has 1 aliphatic rings. The molecule has 1 unspecified atom stereocenters. The fraction of sp³-hybridized carbons (Fsp3) is 0.417. The van der Waals surface area contributed by atoms with Crippen LogP contribution in [-0.4, -0.2) is 33.6 Å². The Morgan fingerprint density at radius 2 is 1.81 bits per heavy atom. The highest BCUT2D eigenvalue weighted by Crippen LogP contribution is 2.26. The zero-order valence-electron chi connectivity index (χ0n) is 17.7. The lowest BCUT2D eigenvalue weighted by molar-refractivity contribution is 0.114. The van der Waals surface area contributed by atoms with Crippen molar-refractivity contribution >= 4 is 10.9 Å². The maximum Gasteiger partial charge on any atom is 0.295 e. The van der Waals surface area contributed by atoms with Crippen LogP contribution in [0.1, 0.15) is 38.9 Å². The Morgan fingerprint density at radius 1 is 1.10 bits per heavy atom. The standard InChI is InChI=1S/C24H26F3N3O/c1-15(2)29-11-3-4-16(13-29)14-30-23(22(26)27)28-21-10-7-18(12-20(21)24(30)31)17-5-8-19(25)9-6-17/h5-10,12,15-16,22H,3-4,11,13-14H2,1-2H3. The number of nitrogens with zero attached hydrogens (tertiary/aromatic N) is 3. The zero-order chi connectivity index (χ0) is 22.1. The van der Waals surface area contributed by atoms with Crippen molar-refractivity contribution in [2.24, 2.45) is 5.92 Å². The molecule has 2 aromatic carbocycles. The van der Waals surface area contributed by atoms with Crippen LogP contribution in [0.5, 0.6) is 0 Å². The summed E-state index contributed by atoms with van der Waals surface area (Å²) in [7, 11) is 0. The van der Waals surface area contributed by atoms with E-state index < -0.39 is 17.8 Å². The third kappa shape index (κ3) is 4.51. The first-order chi connectivity index (χ1) is 14.8. The number of hydrogen-bond acceptors (Lipinski definition) is 3. The number of rotatable bonds is 5. The minimum Gasteiger partial charge on any atom is -0.301 e. The number of benzene rings is 2. The lowest BCUT2D eigenvalue weighted by atomic mass is 9.96. The van der Waals surface area contributed by atoms with Crippen molar-refractivity contribution < 1.29 is 13.2 Å². The van der Waals surface area contributed by atoms with Gasteiger partial charge in [0.1, 0.15) is 5.82 Å². The van der Waals surface area contributed by atoms with Gasteiger partial charge in [0.2, 0.25) is 0 Å². The van der Waals surface area contributed by atoms with E-state index in [2.05, 4.69) is 23.7 Å². The Balaban J connectivity index is 1.75. The smallest absolute Gasteiger partial charge is 0.295 e. The van der Waals surface area contributed by atoms with E-state index in [1.165, 1.54) is 12.1 Å². The Kier molecular flexibility index (Phi) is 6.14. The van der Waals surface area contributed by atoms with E-state index in [4.69, 9.17) is 0 Å². The molecule has 0 aliphatic carbocycles. The first-order valence-corrected chi connectivity index (χ1v) is 10.7. The van der Waals surface area contributed by atoms with E-state index in [9.17, 15) is 18.0 Å². The van der Waals surface area contributed by atoms with Crippen molar-refractivity contribution in [2.45, 2.75) is 45.7 Å². The molecule has 1 aromatic heterocycles. The van der Waals surface area contributed by atoms with E-state index in [1.807, 2.05) is 0 Å². The summed E-state index contributed by atoms with van der Waals surface area (Å²) in [6, 6.07) is 11.3. The van der Waals surface area contributed by atoms with Gasteiger partial charge in [-0.15, -0.1) is 0 Å². The van der Waals surface area contributed by atoms with Gasteiger partial charge in [-0.1, -0.05) is 18.2 Å². The Morgan fingerprint density at radius 3 is 2.48 bits per heavy atom. The van der Waals surface area contributed by atoms with Gasteiger partial charge in [0.15, 0.2) is 5.82 Å². The average Bonchev–Trinajstić information content (AvgIpc) is 2.76. The molecule has 4 nitrogen and oxygen atoms in total. The largest absolute Gasteiger partial charge is 0.301 e. The molecule has 0 bridgehead atoms. The number of hydrogen-bond donors (Lipinski definition) is 0. The fourth-order valence-electron chi connectivity index (χ4n) is 4.38. The molecule has 3 aromatic rings. The van der Waals surface area contributed by atoms with Crippen LogP contribution >= 0.6 is 0 Å². The van der Waals surface area contributed by atoms with Crippen LogP contribution in [0.15, 0.2) is 47.3 Å². The summed E-state index contributed by atoms with van der Waals surface area (Å²) in [6.07, 6.45) is -0.956. The Hall–Kier alpha value is -2.67. The molecule has 0 saturated carbocycles. The number of fused-ring (bicyclic) bond motifs is 1. The summed E-state index contributed by atoms with van der Waals surface area (Å²) < 4.78 is 42.0. The number of aromatic nitrogens is 2. The maximum absolute atomic E-state index is 13.8. The summed E-state index contributed by atoms with van der Waals surface area (Å²) in [4.78, 5) is 19.8. The third-order valence-electron chi connectivity index (χ3n) is 6.08. The van der Waals surface area contributed by atoms with Gasteiger partial charge >= 0.3 is 0 Å². The molecule has 31 heavy (non-hydrogen) atoms. The Bertz CT molecular complexity index is 1130. The van der Waals surface area contributed by atoms with Gasteiger partial charge in [-0.3, -0.25) is 9.36 Å². The van der Waals surface area contributed by atoms with Crippen LogP contribution in [0.4, 0.5) is 13.2 Å². The highest BCUT2D eigenvalue weighted by atomic mass is 19.3. The number of alkyl halides is 2. The second-order valence-electron chi connectivity index (χ2n) is 8.52.